The maximum atomic E-state index is 11.2. The van der Waals surface area contributed by atoms with Crippen LogP contribution in [0.25, 0.3) is 0 Å². The molecule has 12 heavy (non-hydrogen) atoms. The van der Waals surface area contributed by atoms with Crippen LogP contribution in [0.15, 0.2) is 0 Å². The summed E-state index contributed by atoms with van der Waals surface area (Å²) in [6, 6.07) is 0. The van der Waals surface area contributed by atoms with Crippen LogP contribution in [0, 0.1) is 0 Å². The summed E-state index contributed by atoms with van der Waals surface area (Å²) in [5.41, 5.74) is 0. The van der Waals surface area contributed by atoms with Crippen molar-refractivity contribution in [3.05, 3.63) is 0 Å². The Kier molecular flexibility index (Phi) is 2.86. The van der Waals surface area contributed by atoms with Gasteiger partial charge in [-0.2, -0.15) is 0 Å². The van der Waals surface area contributed by atoms with Crippen molar-refractivity contribution in [3.63, 3.8) is 0 Å². The van der Waals surface area contributed by atoms with Gasteiger partial charge in [0.15, 0.2) is 5.11 Å². The number of nitrogens with one attached hydrogen (secondary N) is 1. The van der Waals surface area contributed by atoms with E-state index >= 15 is 0 Å². The van der Waals surface area contributed by atoms with Crippen LogP contribution < -0.4 is 5.32 Å². The van der Waals surface area contributed by atoms with E-state index in [1.165, 1.54) is 0 Å². The van der Waals surface area contributed by atoms with Crippen LogP contribution in [0.5, 0.6) is 0 Å². The third-order valence-electron chi connectivity index (χ3n) is 1.96. The van der Waals surface area contributed by atoms with E-state index < -0.39 is 0 Å². The van der Waals surface area contributed by atoms with E-state index in [0.717, 1.165) is 13.1 Å². The molecule has 68 valence electrons. The SMILES string of the molecule is CNC(=S)N1CCN(C)C(=O)C1. The smallest absolute Gasteiger partial charge is 0.241 e. The molecule has 1 rings (SSSR count). The topological polar surface area (TPSA) is 35.6 Å². The van der Waals surface area contributed by atoms with E-state index in [1.54, 1.807) is 11.9 Å². The highest BCUT2D eigenvalue weighted by Crippen LogP contribution is 2.00. The highest BCUT2D eigenvalue weighted by molar-refractivity contribution is 7.80. The van der Waals surface area contributed by atoms with Crippen molar-refractivity contribution in [2.45, 2.75) is 0 Å². The van der Waals surface area contributed by atoms with Crippen molar-refractivity contribution in [3.8, 4) is 0 Å². The number of hydrogen-bond donors (Lipinski definition) is 1. The van der Waals surface area contributed by atoms with Crippen molar-refractivity contribution in [1.29, 1.82) is 0 Å². The molecule has 0 atom stereocenters. The van der Waals surface area contributed by atoms with Gasteiger partial charge >= 0.3 is 0 Å². The van der Waals surface area contributed by atoms with Crippen molar-refractivity contribution in [2.24, 2.45) is 0 Å². The first-order valence-corrected chi connectivity index (χ1v) is 4.26. The summed E-state index contributed by atoms with van der Waals surface area (Å²) in [6.07, 6.45) is 0. The van der Waals surface area contributed by atoms with Crippen molar-refractivity contribution >= 4 is 23.2 Å². The molecule has 0 unspecified atom stereocenters. The molecule has 0 aromatic heterocycles. The predicted molar refractivity (Wildman–Crippen MR) is 50.9 cm³/mol. The van der Waals surface area contributed by atoms with Gasteiger partial charge in [0.1, 0.15) is 0 Å². The Morgan fingerprint density at radius 1 is 1.58 bits per heavy atom. The van der Waals surface area contributed by atoms with Crippen LogP contribution in [0.4, 0.5) is 0 Å². The molecule has 0 aliphatic carbocycles. The highest BCUT2D eigenvalue weighted by atomic mass is 32.1. The Labute approximate surface area is 77.5 Å². The molecule has 1 aliphatic heterocycles. The van der Waals surface area contributed by atoms with Crippen LogP contribution in [0.2, 0.25) is 0 Å². The second-order valence-corrected chi connectivity index (χ2v) is 3.18. The lowest BCUT2D eigenvalue weighted by Crippen LogP contribution is -2.52. The number of nitrogens with zero attached hydrogens (tertiary/aromatic N) is 2. The first kappa shape index (κ1) is 9.25. The number of likely N-dealkylation sites (N-methyl/N-ethyl adjacent to an activating group) is 1. The molecule has 1 heterocycles. The Hall–Kier alpha value is -0.840. The van der Waals surface area contributed by atoms with E-state index in [1.807, 2.05) is 11.9 Å². The summed E-state index contributed by atoms with van der Waals surface area (Å²) in [4.78, 5) is 14.8. The zero-order valence-electron chi connectivity index (χ0n) is 7.33. The maximum Gasteiger partial charge on any atom is 0.241 e. The molecule has 1 aliphatic rings. The lowest BCUT2D eigenvalue weighted by molar-refractivity contribution is -0.132. The van der Waals surface area contributed by atoms with Crippen molar-refractivity contribution < 1.29 is 4.79 Å². The Bertz CT molecular complexity index is 205. The number of amides is 1. The van der Waals surface area contributed by atoms with Gasteiger partial charge in [0.2, 0.25) is 5.91 Å². The minimum absolute atomic E-state index is 0.124. The quantitative estimate of drug-likeness (QED) is 0.507. The van der Waals surface area contributed by atoms with Crippen molar-refractivity contribution in [2.75, 3.05) is 33.7 Å². The molecule has 0 spiro atoms. The molecule has 1 saturated heterocycles. The molecule has 1 fully saturated rings. The van der Waals surface area contributed by atoms with E-state index in [2.05, 4.69) is 5.32 Å². The normalized spacial score (nSPS) is 18.0. The lowest BCUT2D eigenvalue weighted by atomic mass is 10.3. The van der Waals surface area contributed by atoms with Crippen LogP contribution in [-0.4, -0.2) is 54.5 Å². The van der Waals surface area contributed by atoms with Gasteiger partial charge in [-0.1, -0.05) is 0 Å². The minimum atomic E-state index is 0.124. The number of rotatable bonds is 0. The van der Waals surface area contributed by atoms with Gasteiger partial charge in [-0.15, -0.1) is 0 Å². The van der Waals surface area contributed by atoms with Gasteiger partial charge in [0.25, 0.3) is 0 Å². The number of hydrogen-bond acceptors (Lipinski definition) is 2. The Morgan fingerprint density at radius 3 is 2.75 bits per heavy atom. The van der Waals surface area contributed by atoms with Gasteiger partial charge < -0.3 is 15.1 Å². The zero-order valence-corrected chi connectivity index (χ0v) is 8.15. The number of carbonyl (C=O) groups excluding carboxylic acids is 1. The maximum absolute atomic E-state index is 11.2. The van der Waals surface area contributed by atoms with Gasteiger partial charge in [-0.25, -0.2) is 0 Å². The molecular formula is C7H13N3OS. The van der Waals surface area contributed by atoms with Gasteiger partial charge in [-0.3, -0.25) is 4.79 Å². The summed E-state index contributed by atoms with van der Waals surface area (Å²) in [5, 5.41) is 3.51. The highest BCUT2D eigenvalue weighted by Gasteiger charge is 2.21. The van der Waals surface area contributed by atoms with E-state index in [4.69, 9.17) is 12.2 Å². The molecule has 1 amide bonds. The van der Waals surface area contributed by atoms with Crippen molar-refractivity contribution in [1.82, 2.24) is 15.1 Å². The molecule has 0 saturated carbocycles. The monoisotopic (exact) mass is 187 g/mol. The second kappa shape index (κ2) is 3.71. The molecular weight excluding hydrogens is 174 g/mol. The third kappa shape index (κ3) is 1.85. The summed E-state index contributed by atoms with van der Waals surface area (Å²) >= 11 is 5.01. The first-order chi connectivity index (χ1) is 5.65. The molecule has 1 N–H and O–H groups in total. The molecule has 0 radical (unpaired) electrons. The van der Waals surface area contributed by atoms with E-state index in [-0.39, 0.29) is 5.91 Å². The molecule has 0 bridgehead atoms. The first-order valence-electron chi connectivity index (χ1n) is 3.85. The Morgan fingerprint density at radius 2 is 2.25 bits per heavy atom. The fourth-order valence-electron chi connectivity index (χ4n) is 1.09. The van der Waals surface area contributed by atoms with Gasteiger partial charge in [0.05, 0.1) is 6.54 Å². The number of thiocarbonyl (C=S) groups is 1. The predicted octanol–water partition coefficient (Wildman–Crippen LogP) is -0.735. The fraction of sp³-hybridized carbons (Fsp3) is 0.714. The van der Waals surface area contributed by atoms with Crippen LogP contribution >= 0.6 is 12.2 Å². The molecule has 5 heteroatoms. The zero-order chi connectivity index (χ0) is 9.14. The summed E-state index contributed by atoms with van der Waals surface area (Å²) < 4.78 is 0. The van der Waals surface area contributed by atoms with Crippen LogP contribution in [-0.2, 0) is 4.79 Å². The molecule has 0 aromatic carbocycles. The number of piperazine rings is 1. The van der Waals surface area contributed by atoms with Crippen LogP contribution in [0.1, 0.15) is 0 Å². The van der Waals surface area contributed by atoms with Gasteiger partial charge in [-0.05, 0) is 12.2 Å². The number of carbonyl (C=O) groups is 1. The second-order valence-electron chi connectivity index (χ2n) is 2.79. The minimum Gasteiger partial charge on any atom is -0.366 e. The summed E-state index contributed by atoms with van der Waals surface area (Å²) in [5.74, 6) is 0.124. The summed E-state index contributed by atoms with van der Waals surface area (Å²) in [6.45, 7) is 1.97. The van der Waals surface area contributed by atoms with E-state index in [0.29, 0.717) is 11.7 Å². The molecule has 0 aromatic rings. The van der Waals surface area contributed by atoms with Gasteiger partial charge in [0, 0.05) is 27.2 Å². The third-order valence-corrected chi connectivity index (χ3v) is 2.42. The lowest BCUT2D eigenvalue weighted by Gasteiger charge is -2.33. The fourth-order valence-corrected chi connectivity index (χ4v) is 1.25. The average molecular weight is 187 g/mol. The van der Waals surface area contributed by atoms with E-state index in [9.17, 15) is 4.79 Å². The largest absolute Gasteiger partial charge is 0.366 e. The summed E-state index contributed by atoms with van der Waals surface area (Å²) in [7, 11) is 3.58. The molecule has 4 nitrogen and oxygen atoms in total. The standard InChI is InChI=1S/C7H13N3OS/c1-8-7(12)10-4-3-9(2)6(11)5-10/h3-5H2,1-2H3,(H,8,12). The Balaban J connectivity index is 2.51. The van der Waals surface area contributed by atoms with Crippen LogP contribution in [0.3, 0.4) is 0 Å². The average Bonchev–Trinajstić information content (AvgIpc) is 2.08.